The molecule has 0 rings (SSSR count). The average Bonchev–Trinajstić information content (AvgIpc) is 1.99. The molecule has 0 aromatic carbocycles. The van der Waals surface area contributed by atoms with E-state index >= 15 is 0 Å². The Balaban J connectivity index is -0.0000000742. The monoisotopic (exact) mass is 286 g/mol. The summed E-state index contributed by atoms with van der Waals surface area (Å²) in [6.45, 7) is 6.19. The van der Waals surface area contributed by atoms with Crippen LogP contribution in [0.1, 0.15) is 20.8 Å². The van der Waals surface area contributed by atoms with Crippen molar-refractivity contribution in [2.45, 2.75) is 20.8 Å². The van der Waals surface area contributed by atoms with Gasteiger partial charge in [0.15, 0.2) is 0 Å². The number of hydrogen-bond acceptors (Lipinski definition) is 6. The lowest BCUT2D eigenvalue weighted by Gasteiger charge is -1.97. The van der Waals surface area contributed by atoms with Crippen molar-refractivity contribution in [3.05, 3.63) is 12.3 Å². The molecule has 6 N–H and O–H groups in total. The number of carboxylic acid groups (broad SMARTS) is 3. The molecule has 0 aromatic rings. The van der Waals surface area contributed by atoms with E-state index < -0.39 is 26.7 Å². The van der Waals surface area contributed by atoms with Crippen LogP contribution in [0.25, 0.3) is 0 Å². The molecular formula is C8H18O9Si. The lowest BCUT2D eigenvalue weighted by molar-refractivity contribution is -0.135. The third kappa shape index (κ3) is 1610. The van der Waals surface area contributed by atoms with Crippen molar-refractivity contribution in [2.75, 3.05) is 0 Å². The van der Waals surface area contributed by atoms with Crippen molar-refractivity contribution in [3.8, 4) is 0 Å². The quantitative estimate of drug-likeness (QED) is 0.327. The van der Waals surface area contributed by atoms with Crippen molar-refractivity contribution < 1.29 is 44.1 Å². The molecule has 0 unspecified atom stereocenters. The van der Waals surface area contributed by atoms with Gasteiger partial charge < -0.3 is 29.7 Å². The number of aliphatic carboxylic acids is 3. The summed E-state index contributed by atoms with van der Waals surface area (Å²) in [6.07, 6.45) is 0. The van der Waals surface area contributed by atoms with Gasteiger partial charge in [-0.3, -0.25) is 14.4 Å². The van der Waals surface area contributed by atoms with E-state index in [-0.39, 0.29) is 0 Å². The van der Waals surface area contributed by atoms with Gasteiger partial charge >= 0.3 is 8.80 Å². The topological polar surface area (TPSA) is 173 Å². The van der Waals surface area contributed by atoms with Gasteiger partial charge in [0.05, 0.1) is 0 Å². The minimum absolute atomic E-state index is 0.743. The zero-order valence-electron chi connectivity index (χ0n) is 10.2. The fraction of sp³-hybridized carbons (Fsp3) is 0.375. The zero-order valence-corrected chi connectivity index (χ0v) is 11.2. The molecule has 0 spiro atoms. The molecule has 0 fully saturated rings. The lowest BCUT2D eigenvalue weighted by Crippen LogP contribution is -2.31. The SMILES string of the molecule is C=C[Si](O)(O)O.CC(=O)O.CC(=O)O.CC(=O)O. The minimum atomic E-state index is -3.87. The van der Waals surface area contributed by atoms with Gasteiger partial charge in [0.2, 0.25) is 0 Å². The van der Waals surface area contributed by atoms with Crippen molar-refractivity contribution in [1.82, 2.24) is 0 Å². The number of hydrogen-bond donors (Lipinski definition) is 6. The maximum Gasteiger partial charge on any atom is 0.520 e. The van der Waals surface area contributed by atoms with Crippen molar-refractivity contribution >= 4 is 26.7 Å². The Hall–Kier alpha value is -1.75. The van der Waals surface area contributed by atoms with E-state index in [4.69, 9.17) is 44.1 Å². The smallest absolute Gasteiger partial charge is 0.481 e. The van der Waals surface area contributed by atoms with Crippen LogP contribution in [0.2, 0.25) is 0 Å². The number of rotatable bonds is 1. The van der Waals surface area contributed by atoms with Crippen LogP contribution in [0.3, 0.4) is 0 Å². The molecule has 0 aliphatic heterocycles. The van der Waals surface area contributed by atoms with Crippen LogP contribution in [-0.4, -0.2) is 56.4 Å². The summed E-state index contributed by atoms with van der Waals surface area (Å²) in [5.41, 5.74) is 0.743. The summed E-state index contributed by atoms with van der Waals surface area (Å²) in [7, 11) is -3.87. The Bertz CT molecular complexity index is 215. The standard InChI is InChI=1S/C2H6O3Si.3C2H4O2/c1-2-6(3,4)5;3*1-2(3)4/h2-5H,1H2;3*1H3,(H,3,4). The normalized spacial score (nSPS) is 7.89. The fourth-order valence-corrected chi connectivity index (χ4v) is 0. The lowest BCUT2D eigenvalue weighted by atomic mass is 10.9. The van der Waals surface area contributed by atoms with Crippen LogP contribution in [0.15, 0.2) is 12.3 Å². The predicted molar refractivity (Wildman–Crippen MR) is 62.5 cm³/mol. The van der Waals surface area contributed by atoms with Crippen LogP contribution in [0.4, 0.5) is 0 Å². The first-order chi connectivity index (χ1) is 7.76. The van der Waals surface area contributed by atoms with E-state index in [0.29, 0.717) is 0 Å². The summed E-state index contributed by atoms with van der Waals surface area (Å²) < 4.78 is 0. The maximum absolute atomic E-state index is 9.00. The molecular weight excluding hydrogens is 268 g/mol. The van der Waals surface area contributed by atoms with E-state index in [9.17, 15) is 0 Å². The molecule has 0 aromatic heterocycles. The molecule has 0 amide bonds. The Kier molecular flexibility index (Phi) is 21.3. The van der Waals surface area contributed by atoms with Crippen LogP contribution in [0, 0.1) is 0 Å². The summed E-state index contributed by atoms with van der Waals surface area (Å²) in [5.74, 6) is -2.50. The molecule has 0 aliphatic carbocycles. The molecule has 0 radical (unpaired) electrons. The highest BCUT2D eigenvalue weighted by atomic mass is 28.4. The first kappa shape index (κ1) is 25.2. The molecule has 18 heavy (non-hydrogen) atoms. The molecule has 0 saturated carbocycles. The largest absolute Gasteiger partial charge is 0.520 e. The van der Waals surface area contributed by atoms with E-state index in [1.807, 2.05) is 0 Å². The second-order valence-corrected chi connectivity index (χ2v) is 4.23. The minimum Gasteiger partial charge on any atom is -0.481 e. The summed E-state index contributed by atoms with van der Waals surface area (Å²) in [4.78, 5) is 50.9. The zero-order chi connectivity index (χ0) is 15.9. The Morgan fingerprint density at radius 1 is 0.833 bits per heavy atom. The highest BCUT2D eigenvalue weighted by Crippen LogP contribution is 1.80. The van der Waals surface area contributed by atoms with Crippen molar-refractivity contribution in [1.29, 1.82) is 0 Å². The summed E-state index contributed by atoms with van der Waals surface area (Å²) in [6, 6.07) is 0. The predicted octanol–water partition coefficient (Wildman–Crippen LogP) is -1.10. The van der Waals surface area contributed by atoms with E-state index in [2.05, 4.69) is 6.58 Å². The van der Waals surface area contributed by atoms with Gasteiger partial charge in [-0.05, 0) is 5.70 Å². The summed E-state index contributed by atoms with van der Waals surface area (Å²) >= 11 is 0. The van der Waals surface area contributed by atoms with Gasteiger partial charge in [-0.2, -0.15) is 0 Å². The van der Waals surface area contributed by atoms with Gasteiger partial charge in [-0.25, -0.2) is 0 Å². The Morgan fingerprint density at radius 2 is 0.889 bits per heavy atom. The van der Waals surface area contributed by atoms with Crippen LogP contribution < -0.4 is 0 Å². The molecule has 9 nitrogen and oxygen atoms in total. The van der Waals surface area contributed by atoms with E-state index in [0.717, 1.165) is 26.5 Å². The second kappa shape index (κ2) is 15.2. The number of carboxylic acids is 3. The van der Waals surface area contributed by atoms with Gasteiger partial charge in [-0.1, -0.05) is 6.58 Å². The molecule has 10 heteroatoms. The molecule has 0 heterocycles. The second-order valence-electron chi connectivity index (χ2n) is 2.45. The molecule has 0 bridgehead atoms. The van der Waals surface area contributed by atoms with Crippen LogP contribution >= 0.6 is 0 Å². The van der Waals surface area contributed by atoms with E-state index in [1.165, 1.54) is 0 Å². The van der Waals surface area contributed by atoms with Crippen LogP contribution in [-0.2, 0) is 14.4 Å². The third-order valence-corrected chi connectivity index (χ3v) is 0.822. The van der Waals surface area contributed by atoms with Gasteiger partial charge in [0.1, 0.15) is 0 Å². The van der Waals surface area contributed by atoms with Crippen molar-refractivity contribution in [2.24, 2.45) is 0 Å². The molecule has 0 aliphatic rings. The third-order valence-electron chi connectivity index (χ3n) is 0.274. The first-order valence-corrected chi connectivity index (χ1v) is 6.07. The number of carbonyl (C=O) groups is 3. The van der Waals surface area contributed by atoms with Crippen LogP contribution in [0.5, 0.6) is 0 Å². The van der Waals surface area contributed by atoms with E-state index in [1.54, 1.807) is 0 Å². The maximum atomic E-state index is 9.00. The molecule has 0 saturated heterocycles. The molecule has 0 atom stereocenters. The molecule has 108 valence electrons. The highest BCUT2D eigenvalue weighted by Gasteiger charge is 2.19. The highest BCUT2D eigenvalue weighted by molar-refractivity contribution is 6.61. The van der Waals surface area contributed by atoms with Crippen molar-refractivity contribution in [3.63, 3.8) is 0 Å². The fourth-order valence-electron chi connectivity index (χ4n) is 0. The van der Waals surface area contributed by atoms with Gasteiger partial charge in [0.25, 0.3) is 17.9 Å². The average molecular weight is 286 g/mol. The van der Waals surface area contributed by atoms with Gasteiger partial charge in [-0.15, -0.1) is 0 Å². The Morgan fingerprint density at radius 3 is 0.889 bits per heavy atom. The Labute approximate surface area is 105 Å². The van der Waals surface area contributed by atoms with Gasteiger partial charge in [0, 0.05) is 20.8 Å². The first-order valence-electron chi connectivity index (χ1n) is 4.15. The summed E-state index contributed by atoms with van der Waals surface area (Å²) in [5, 5.41) is 22.2.